The van der Waals surface area contributed by atoms with Crippen LogP contribution in [0, 0.1) is 0 Å². The van der Waals surface area contributed by atoms with Crippen molar-refractivity contribution in [3.05, 3.63) is 41.7 Å². The van der Waals surface area contributed by atoms with E-state index >= 15 is 0 Å². The first-order valence-corrected chi connectivity index (χ1v) is 7.20. The number of carbonyl (C=O) groups excluding carboxylic acids is 1. The highest BCUT2D eigenvalue weighted by molar-refractivity contribution is 6.09. The van der Waals surface area contributed by atoms with Crippen LogP contribution in [0.15, 0.2) is 30.3 Å². The zero-order valence-corrected chi connectivity index (χ0v) is 12.4. The van der Waals surface area contributed by atoms with E-state index in [1.807, 2.05) is 30.3 Å². The summed E-state index contributed by atoms with van der Waals surface area (Å²) < 4.78 is 5.09. The molecule has 0 spiro atoms. The maximum absolute atomic E-state index is 12.0. The van der Waals surface area contributed by atoms with Gasteiger partial charge in [0.2, 0.25) is 0 Å². The molecule has 0 aliphatic carbocycles. The van der Waals surface area contributed by atoms with Gasteiger partial charge in [-0.15, -0.1) is 0 Å². The van der Waals surface area contributed by atoms with Crippen LogP contribution in [0.1, 0.15) is 42.9 Å². The van der Waals surface area contributed by atoms with Crippen molar-refractivity contribution in [2.24, 2.45) is 0 Å². The second-order valence-electron chi connectivity index (χ2n) is 5.36. The lowest BCUT2D eigenvalue weighted by atomic mass is 10.1. The summed E-state index contributed by atoms with van der Waals surface area (Å²) in [7, 11) is 0. The highest BCUT2D eigenvalue weighted by atomic mass is 16.5. The number of fused-ring (bicyclic) bond motifs is 3. The van der Waals surface area contributed by atoms with E-state index < -0.39 is 0 Å². The molecule has 0 saturated heterocycles. The number of rotatable bonds is 3. The molecule has 0 amide bonds. The molecule has 3 aromatic rings. The summed E-state index contributed by atoms with van der Waals surface area (Å²) >= 11 is 0. The van der Waals surface area contributed by atoms with Crippen LogP contribution in [-0.2, 0) is 4.74 Å². The lowest BCUT2D eigenvalue weighted by Gasteiger charge is -2.09. The van der Waals surface area contributed by atoms with E-state index in [2.05, 4.69) is 23.8 Å². The van der Waals surface area contributed by atoms with Crippen LogP contribution in [-0.4, -0.2) is 22.5 Å². The zero-order chi connectivity index (χ0) is 15.0. The summed E-state index contributed by atoms with van der Waals surface area (Å²) in [4.78, 5) is 19.9. The highest BCUT2D eigenvalue weighted by Gasteiger charge is 2.17. The van der Waals surface area contributed by atoms with Crippen LogP contribution < -0.4 is 0 Å². The van der Waals surface area contributed by atoms with Crippen LogP contribution in [0.3, 0.4) is 0 Å². The summed E-state index contributed by atoms with van der Waals surface area (Å²) in [5, 5.41) is 2.12. The predicted molar refractivity (Wildman–Crippen MR) is 83.6 cm³/mol. The van der Waals surface area contributed by atoms with Crippen LogP contribution in [0.2, 0.25) is 0 Å². The Hall–Kier alpha value is -2.36. The number of esters is 1. The lowest BCUT2D eigenvalue weighted by Crippen LogP contribution is -2.09. The second-order valence-corrected chi connectivity index (χ2v) is 5.36. The van der Waals surface area contributed by atoms with Gasteiger partial charge in [0.15, 0.2) is 0 Å². The minimum Gasteiger partial charge on any atom is -0.461 e. The molecule has 4 nitrogen and oxygen atoms in total. The van der Waals surface area contributed by atoms with Crippen LogP contribution >= 0.6 is 0 Å². The van der Waals surface area contributed by atoms with Gasteiger partial charge in [-0.2, -0.15) is 0 Å². The van der Waals surface area contributed by atoms with Gasteiger partial charge in [-0.05, 0) is 25.0 Å². The fraction of sp³-hybridized carbons (Fsp3) is 0.294. The summed E-state index contributed by atoms with van der Waals surface area (Å²) in [5.41, 5.74) is 3.32. The number of aromatic nitrogens is 2. The van der Waals surface area contributed by atoms with Crippen molar-refractivity contribution in [2.75, 3.05) is 6.61 Å². The molecule has 21 heavy (non-hydrogen) atoms. The van der Waals surface area contributed by atoms with Crippen molar-refractivity contribution in [1.82, 2.24) is 9.97 Å². The van der Waals surface area contributed by atoms with Crippen molar-refractivity contribution >= 4 is 27.8 Å². The molecule has 0 saturated carbocycles. The third kappa shape index (κ3) is 2.27. The molecule has 0 unspecified atom stereocenters. The van der Waals surface area contributed by atoms with Gasteiger partial charge >= 0.3 is 5.97 Å². The van der Waals surface area contributed by atoms with Gasteiger partial charge in [0, 0.05) is 16.3 Å². The Labute approximate surface area is 123 Å². The minimum absolute atomic E-state index is 0.218. The number of hydrogen-bond donors (Lipinski definition) is 1. The SMILES string of the molecule is CCOC(=O)c1cc2c([nH]c3ccccc32)c(C(C)C)n1. The third-order valence-electron chi connectivity index (χ3n) is 3.56. The number of H-pyrrole nitrogens is 1. The molecule has 0 aliphatic rings. The van der Waals surface area contributed by atoms with Crippen LogP contribution in [0.4, 0.5) is 0 Å². The monoisotopic (exact) mass is 282 g/mol. The average molecular weight is 282 g/mol. The number of nitrogens with one attached hydrogen (secondary N) is 1. The normalized spacial score (nSPS) is 11.4. The number of nitrogens with zero attached hydrogens (tertiary/aromatic N) is 1. The molecular weight excluding hydrogens is 264 g/mol. The molecule has 2 heterocycles. The molecule has 1 aromatic carbocycles. The smallest absolute Gasteiger partial charge is 0.356 e. The second kappa shape index (κ2) is 5.20. The number of ether oxygens (including phenoxy) is 1. The third-order valence-corrected chi connectivity index (χ3v) is 3.56. The summed E-state index contributed by atoms with van der Waals surface area (Å²) in [5.74, 6) is -0.151. The molecule has 0 radical (unpaired) electrons. The maximum Gasteiger partial charge on any atom is 0.356 e. The van der Waals surface area contributed by atoms with E-state index in [1.165, 1.54) is 0 Å². The van der Waals surface area contributed by atoms with E-state index in [0.29, 0.717) is 12.3 Å². The van der Waals surface area contributed by atoms with Crippen molar-refractivity contribution in [3.8, 4) is 0 Å². The van der Waals surface area contributed by atoms with Crippen molar-refractivity contribution < 1.29 is 9.53 Å². The Bertz CT molecular complexity index is 818. The van der Waals surface area contributed by atoms with Crippen molar-refractivity contribution in [3.63, 3.8) is 0 Å². The molecule has 0 aliphatic heterocycles. The Balaban J connectivity index is 2.33. The van der Waals surface area contributed by atoms with Crippen molar-refractivity contribution in [1.29, 1.82) is 0 Å². The van der Waals surface area contributed by atoms with Crippen molar-refractivity contribution in [2.45, 2.75) is 26.7 Å². The Kier molecular flexibility index (Phi) is 3.37. The molecular formula is C17H18N2O2. The molecule has 2 aromatic heterocycles. The van der Waals surface area contributed by atoms with Gasteiger partial charge in [0.25, 0.3) is 0 Å². The Morgan fingerprint density at radius 3 is 2.76 bits per heavy atom. The molecule has 0 fully saturated rings. The van der Waals surface area contributed by atoms with E-state index in [1.54, 1.807) is 6.92 Å². The molecule has 1 N–H and O–H groups in total. The van der Waals surface area contributed by atoms with Crippen LogP contribution in [0.5, 0.6) is 0 Å². The summed E-state index contributed by atoms with van der Waals surface area (Å²) in [6, 6.07) is 9.89. The quantitative estimate of drug-likeness (QED) is 0.738. The van der Waals surface area contributed by atoms with E-state index in [-0.39, 0.29) is 11.9 Å². The Morgan fingerprint density at radius 2 is 2.05 bits per heavy atom. The standard InChI is InChI=1S/C17H18N2O2/c1-4-21-17(20)14-9-12-11-7-5-6-8-13(11)18-16(12)15(19-14)10(2)3/h5-10,18H,4H2,1-3H3. The van der Waals surface area contributed by atoms with E-state index in [9.17, 15) is 4.79 Å². The van der Waals surface area contributed by atoms with Crippen LogP contribution in [0.25, 0.3) is 21.8 Å². The first kappa shape index (κ1) is 13.6. The fourth-order valence-electron chi connectivity index (χ4n) is 2.60. The van der Waals surface area contributed by atoms with Gasteiger partial charge in [0.1, 0.15) is 5.69 Å². The van der Waals surface area contributed by atoms with Gasteiger partial charge < -0.3 is 9.72 Å². The minimum atomic E-state index is -0.369. The highest BCUT2D eigenvalue weighted by Crippen LogP contribution is 2.30. The summed E-state index contributed by atoms with van der Waals surface area (Å²) in [6.45, 7) is 6.29. The number of carbonyl (C=O) groups is 1. The lowest BCUT2D eigenvalue weighted by molar-refractivity contribution is 0.0519. The van der Waals surface area contributed by atoms with Gasteiger partial charge in [0.05, 0.1) is 17.8 Å². The Morgan fingerprint density at radius 1 is 1.29 bits per heavy atom. The molecule has 4 heteroatoms. The zero-order valence-electron chi connectivity index (χ0n) is 12.4. The molecule has 108 valence electrons. The molecule has 0 bridgehead atoms. The first-order chi connectivity index (χ1) is 10.1. The maximum atomic E-state index is 12.0. The van der Waals surface area contributed by atoms with E-state index in [4.69, 9.17) is 4.74 Å². The first-order valence-electron chi connectivity index (χ1n) is 7.20. The largest absolute Gasteiger partial charge is 0.461 e. The number of benzene rings is 1. The topological polar surface area (TPSA) is 55.0 Å². The number of aromatic amines is 1. The summed E-state index contributed by atoms with van der Waals surface area (Å²) in [6.07, 6.45) is 0. The molecule has 0 atom stereocenters. The molecule has 3 rings (SSSR count). The number of pyridine rings is 1. The van der Waals surface area contributed by atoms with Gasteiger partial charge in [-0.25, -0.2) is 9.78 Å². The van der Waals surface area contributed by atoms with Gasteiger partial charge in [-0.1, -0.05) is 32.0 Å². The fourth-order valence-corrected chi connectivity index (χ4v) is 2.60. The average Bonchev–Trinajstić information content (AvgIpc) is 2.84. The number of hydrogen-bond acceptors (Lipinski definition) is 3. The number of para-hydroxylation sites is 1. The van der Waals surface area contributed by atoms with Gasteiger partial charge in [-0.3, -0.25) is 0 Å². The van der Waals surface area contributed by atoms with E-state index in [0.717, 1.165) is 27.5 Å². The predicted octanol–water partition coefficient (Wildman–Crippen LogP) is 4.02.